The molecule has 1 aromatic carbocycles. The van der Waals surface area contributed by atoms with Crippen molar-refractivity contribution in [3.8, 4) is 17.5 Å². The Bertz CT molecular complexity index is 1150. The molecule has 0 bridgehead atoms. The number of rotatable bonds is 5. The van der Waals surface area contributed by atoms with Gasteiger partial charge in [0.2, 0.25) is 6.29 Å². The van der Waals surface area contributed by atoms with E-state index in [4.69, 9.17) is 21.6 Å². The third-order valence-corrected chi connectivity index (χ3v) is 5.78. The van der Waals surface area contributed by atoms with Gasteiger partial charge in [0.25, 0.3) is 0 Å². The van der Waals surface area contributed by atoms with E-state index in [-0.39, 0.29) is 10.8 Å². The Morgan fingerprint density at radius 2 is 2.07 bits per heavy atom. The van der Waals surface area contributed by atoms with E-state index in [0.29, 0.717) is 16.9 Å². The van der Waals surface area contributed by atoms with E-state index in [1.54, 1.807) is 35.0 Å². The van der Waals surface area contributed by atoms with Crippen LogP contribution in [0.4, 0.5) is 0 Å². The van der Waals surface area contributed by atoms with Gasteiger partial charge in [0, 0.05) is 29.4 Å². The summed E-state index contributed by atoms with van der Waals surface area (Å²) in [6.07, 6.45) is -1.77. The second-order valence-corrected chi connectivity index (χ2v) is 7.54. The fourth-order valence-electron chi connectivity index (χ4n) is 3.69. The van der Waals surface area contributed by atoms with Gasteiger partial charge in [0.05, 0.1) is 23.3 Å². The van der Waals surface area contributed by atoms with Gasteiger partial charge in [0.15, 0.2) is 5.60 Å². The quantitative estimate of drug-likeness (QED) is 0.362. The van der Waals surface area contributed by atoms with Crippen molar-refractivity contribution in [2.45, 2.75) is 24.1 Å². The molecule has 0 radical (unpaired) electrons. The average Bonchev–Trinajstić information content (AvgIpc) is 3.17. The van der Waals surface area contributed by atoms with Gasteiger partial charge in [0.1, 0.15) is 23.6 Å². The molecule has 1 aliphatic rings. The molecule has 2 aromatic heterocycles. The van der Waals surface area contributed by atoms with E-state index in [9.17, 15) is 25.5 Å². The number of aliphatic hydroxyl groups is 5. The number of pyridine rings is 1. The topological polar surface area (TPSA) is 152 Å². The van der Waals surface area contributed by atoms with Crippen molar-refractivity contribution in [1.29, 1.82) is 5.26 Å². The number of nitriles is 1. The van der Waals surface area contributed by atoms with E-state index in [1.807, 2.05) is 6.07 Å². The summed E-state index contributed by atoms with van der Waals surface area (Å²) < 4.78 is 7.08. The predicted molar refractivity (Wildman–Crippen MR) is 105 cm³/mol. The number of benzene rings is 1. The van der Waals surface area contributed by atoms with Crippen LogP contribution in [0.1, 0.15) is 5.56 Å². The van der Waals surface area contributed by atoms with Gasteiger partial charge < -0.3 is 34.8 Å². The minimum absolute atomic E-state index is 0.0304. The molecule has 1 saturated carbocycles. The molecule has 3 aromatic rings. The van der Waals surface area contributed by atoms with Gasteiger partial charge in [-0.15, -0.1) is 0 Å². The fourth-order valence-corrected chi connectivity index (χ4v) is 3.91. The molecule has 156 valence electrons. The minimum Gasteiger partial charge on any atom is -0.460 e. The number of halogens is 1. The number of aromatic nitrogens is 2. The SMILES string of the molecule is N#Cc1cnc2c(ccn2-c2ccc(O[C@@H](O)C3(O)C(O)[C@H](O)C3CO)c(Cl)c2)c1. The molecule has 10 heteroatoms. The van der Waals surface area contributed by atoms with E-state index in [0.717, 1.165) is 5.39 Å². The van der Waals surface area contributed by atoms with Crippen LogP contribution in [0, 0.1) is 17.2 Å². The molecule has 5 atom stereocenters. The molecule has 1 aliphatic carbocycles. The maximum atomic E-state index is 10.5. The van der Waals surface area contributed by atoms with Crippen LogP contribution in [0.15, 0.2) is 42.7 Å². The predicted octanol–water partition coefficient (Wildman–Crippen LogP) is 0.323. The zero-order valence-corrected chi connectivity index (χ0v) is 16.2. The standard InChI is InChI=1S/C20H18ClN3O6/c21-14-6-12(24-4-3-11-5-10(7-22)8-23-18(11)24)1-2-15(14)30-19(28)20(29)13(9-25)16(26)17(20)27/h1-6,8,13,16-17,19,25-29H,9H2/t13?,16-,17?,19-,20?/m1/s1. The van der Waals surface area contributed by atoms with Crippen molar-refractivity contribution >= 4 is 22.6 Å². The van der Waals surface area contributed by atoms with Gasteiger partial charge in [-0.2, -0.15) is 5.26 Å². The van der Waals surface area contributed by atoms with E-state index in [2.05, 4.69) is 4.98 Å². The van der Waals surface area contributed by atoms with E-state index >= 15 is 0 Å². The lowest BCUT2D eigenvalue weighted by Crippen LogP contribution is -2.76. The first-order valence-electron chi connectivity index (χ1n) is 9.02. The largest absolute Gasteiger partial charge is 0.460 e. The summed E-state index contributed by atoms with van der Waals surface area (Å²) in [4.78, 5) is 4.29. The third-order valence-electron chi connectivity index (χ3n) is 5.48. The van der Waals surface area contributed by atoms with Crippen LogP contribution in [-0.4, -0.2) is 65.8 Å². The lowest BCUT2D eigenvalue weighted by molar-refractivity contribution is -0.332. The maximum Gasteiger partial charge on any atom is 0.229 e. The monoisotopic (exact) mass is 431 g/mol. The minimum atomic E-state index is -2.24. The van der Waals surface area contributed by atoms with Gasteiger partial charge >= 0.3 is 0 Å². The van der Waals surface area contributed by atoms with Crippen LogP contribution < -0.4 is 4.74 Å². The highest BCUT2D eigenvalue weighted by Gasteiger charge is 2.65. The third kappa shape index (κ3) is 3.02. The van der Waals surface area contributed by atoms with Crippen LogP contribution in [0.5, 0.6) is 5.75 Å². The van der Waals surface area contributed by atoms with Crippen molar-refractivity contribution in [2.75, 3.05) is 6.61 Å². The van der Waals surface area contributed by atoms with E-state index in [1.165, 1.54) is 12.3 Å². The number of hydrogen-bond acceptors (Lipinski definition) is 8. The van der Waals surface area contributed by atoms with Crippen molar-refractivity contribution in [3.63, 3.8) is 0 Å². The van der Waals surface area contributed by atoms with Crippen LogP contribution in [0.3, 0.4) is 0 Å². The highest BCUT2D eigenvalue weighted by atomic mass is 35.5. The van der Waals surface area contributed by atoms with Crippen LogP contribution >= 0.6 is 11.6 Å². The molecule has 30 heavy (non-hydrogen) atoms. The second kappa shape index (κ2) is 7.52. The van der Waals surface area contributed by atoms with Gasteiger partial charge in [-0.3, -0.25) is 0 Å². The smallest absolute Gasteiger partial charge is 0.229 e. The summed E-state index contributed by atoms with van der Waals surface area (Å²) >= 11 is 6.28. The molecule has 9 nitrogen and oxygen atoms in total. The van der Waals surface area contributed by atoms with Crippen molar-refractivity contribution < 1.29 is 30.3 Å². The molecule has 5 N–H and O–H groups in total. The Balaban J connectivity index is 1.59. The molecule has 0 saturated heterocycles. The Kier molecular flexibility index (Phi) is 5.15. The summed E-state index contributed by atoms with van der Waals surface area (Å²) in [6, 6.07) is 10.2. The Morgan fingerprint density at radius 3 is 2.73 bits per heavy atom. The number of hydrogen-bond donors (Lipinski definition) is 5. The zero-order chi connectivity index (χ0) is 21.6. The summed E-state index contributed by atoms with van der Waals surface area (Å²) in [6.45, 7) is -0.650. The number of aliphatic hydroxyl groups excluding tert-OH is 4. The zero-order valence-electron chi connectivity index (χ0n) is 15.4. The maximum absolute atomic E-state index is 10.5. The Hall–Kier alpha value is -2.71. The normalized spacial score (nSPS) is 26.8. The lowest BCUT2D eigenvalue weighted by Gasteiger charge is -2.53. The number of ether oxygens (including phenoxy) is 1. The van der Waals surface area contributed by atoms with Gasteiger partial charge in [-0.25, -0.2) is 4.98 Å². The number of nitrogens with zero attached hydrogens (tertiary/aromatic N) is 3. The molecule has 4 rings (SSSR count). The van der Waals surface area contributed by atoms with Gasteiger partial charge in [-0.05, 0) is 30.3 Å². The molecule has 2 heterocycles. The Morgan fingerprint density at radius 1 is 1.30 bits per heavy atom. The highest BCUT2D eigenvalue weighted by Crippen LogP contribution is 2.43. The number of fused-ring (bicyclic) bond motifs is 1. The van der Waals surface area contributed by atoms with Crippen molar-refractivity contribution in [1.82, 2.24) is 9.55 Å². The second-order valence-electron chi connectivity index (χ2n) is 7.13. The van der Waals surface area contributed by atoms with E-state index < -0.39 is 36.6 Å². The first kappa shape index (κ1) is 20.6. The van der Waals surface area contributed by atoms with Crippen molar-refractivity contribution in [3.05, 3.63) is 53.3 Å². The summed E-state index contributed by atoms with van der Waals surface area (Å²) in [5.74, 6) is -1.14. The fraction of sp³-hybridized carbons (Fsp3) is 0.300. The highest BCUT2D eigenvalue weighted by molar-refractivity contribution is 6.32. The van der Waals surface area contributed by atoms with Gasteiger partial charge in [-0.1, -0.05) is 11.6 Å². The lowest BCUT2D eigenvalue weighted by atomic mass is 9.64. The van der Waals surface area contributed by atoms with Crippen LogP contribution in [-0.2, 0) is 0 Å². The van der Waals surface area contributed by atoms with Crippen molar-refractivity contribution in [2.24, 2.45) is 5.92 Å². The molecule has 3 unspecified atom stereocenters. The molecule has 0 amide bonds. The first-order chi connectivity index (χ1) is 14.3. The van der Waals surface area contributed by atoms with Crippen LogP contribution in [0.25, 0.3) is 16.7 Å². The summed E-state index contributed by atoms with van der Waals surface area (Å²) in [7, 11) is 0. The van der Waals surface area contributed by atoms with Crippen LogP contribution in [0.2, 0.25) is 5.02 Å². The molecular formula is C20H18ClN3O6. The summed E-state index contributed by atoms with van der Waals surface area (Å²) in [5.41, 5.74) is -0.543. The molecule has 0 spiro atoms. The Labute approximate surface area is 175 Å². The molecular weight excluding hydrogens is 414 g/mol. The summed E-state index contributed by atoms with van der Waals surface area (Å²) in [5, 5.41) is 59.4. The molecule has 0 aliphatic heterocycles. The first-order valence-corrected chi connectivity index (χ1v) is 9.40. The average molecular weight is 432 g/mol. The molecule has 1 fully saturated rings.